The molecule has 0 saturated heterocycles. The van der Waals surface area contributed by atoms with E-state index in [1.54, 1.807) is 0 Å². The number of carbonyl (C=O) groups is 1. The number of nitrogens with two attached hydrogens (primary N) is 1. The molecule has 0 radical (unpaired) electrons. The Morgan fingerprint density at radius 3 is 2.47 bits per heavy atom. The normalized spacial score (nSPS) is 10.5. The summed E-state index contributed by atoms with van der Waals surface area (Å²) >= 11 is 11.6. The van der Waals surface area contributed by atoms with Gasteiger partial charge in [-0.25, -0.2) is 8.78 Å². The van der Waals surface area contributed by atoms with Crippen molar-refractivity contribution in [1.82, 2.24) is 0 Å². The van der Waals surface area contributed by atoms with Crippen molar-refractivity contribution < 1.29 is 13.6 Å². The van der Waals surface area contributed by atoms with Crippen LogP contribution in [0.5, 0.6) is 0 Å². The molecule has 2 aromatic carbocycles. The Bertz CT molecular complexity index is 674. The lowest BCUT2D eigenvalue weighted by Gasteiger charge is -2.08. The van der Waals surface area contributed by atoms with Crippen LogP contribution in [0.1, 0.15) is 15.9 Å². The molecule has 6 heteroatoms. The second-order valence-corrected chi connectivity index (χ2v) is 4.62. The number of benzene rings is 2. The standard InChI is InChI=1S/C13H7Cl2F2NO/c14-6-1-2-8(15)7(5-6)13(19)11-9(16)3-4-10(18)12(11)17/h1-5H,18H2. The summed E-state index contributed by atoms with van der Waals surface area (Å²) in [5, 5.41) is 0.285. The minimum absolute atomic E-state index is 0.0515. The zero-order valence-electron chi connectivity index (χ0n) is 9.38. The van der Waals surface area contributed by atoms with Gasteiger partial charge in [0.15, 0.2) is 5.82 Å². The molecule has 2 rings (SSSR count). The van der Waals surface area contributed by atoms with Crippen LogP contribution in [0.15, 0.2) is 30.3 Å². The number of carbonyl (C=O) groups excluding carboxylic acids is 1. The molecule has 0 aliphatic rings. The molecule has 98 valence electrons. The number of halogens is 4. The van der Waals surface area contributed by atoms with Gasteiger partial charge >= 0.3 is 0 Å². The number of rotatable bonds is 2. The first-order valence-corrected chi connectivity index (χ1v) is 5.90. The van der Waals surface area contributed by atoms with E-state index in [4.69, 9.17) is 28.9 Å². The number of ketones is 1. The van der Waals surface area contributed by atoms with Crippen LogP contribution in [-0.2, 0) is 0 Å². The number of hydrogen-bond acceptors (Lipinski definition) is 2. The maximum absolute atomic E-state index is 13.8. The van der Waals surface area contributed by atoms with Crippen molar-refractivity contribution >= 4 is 34.7 Å². The molecule has 2 nitrogen and oxygen atoms in total. The Hall–Kier alpha value is -1.65. The van der Waals surface area contributed by atoms with Gasteiger partial charge in [0.25, 0.3) is 0 Å². The van der Waals surface area contributed by atoms with Gasteiger partial charge in [0, 0.05) is 10.6 Å². The van der Waals surface area contributed by atoms with Crippen molar-refractivity contribution in [2.24, 2.45) is 0 Å². The largest absolute Gasteiger partial charge is 0.396 e. The average molecular weight is 302 g/mol. The summed E-state index contributed by atoms with van der Waals surface area (Å²) in [6.07, 6.45) is 0. The van der Waals surface area contributed by atoms with E-state index in [1.807, 2.05) is 0 Å². The molecule has 0 spiro atoms. The Morgan fingerprint density at radius 1 is 1.11 bits per heavy atom. The lowest BCUT2D eigenvalue weighted by atomic mass is 10.0. The lowest BCUT2D eigenvalue weighted by Crippen LogP contribution is -2.10. The molecule has 0 aliphatic heterocycles. The predicted molar refractivity (Wildman–Crippen MR) is 70.7 cm³/mol. The maximum Gasteiger partial charge on any atom is 0.200 e. The van der Waals surface area contributed by atoms with Gasteiger partial charge in [-0.1, -0.05) is 23.2 Å². The molecule has 19 heavy (non-hydrogen) atoms. The minimum atomic E-state index is -1.11. The maximum atomic E-state index is 13.8. The molecule has 0 unspecified atom stereocenters. The fraction of sp³-hybridized carbons (Fsp3) is 0. The summed E-state index contributed by atoms with van der Waals surface area (Å²) in [4.78, 5) is 12.1. The van der Waals surface area contributed by atoms with Crippen LogP contribution in [0.25, 0.3) is 0 Å². The molecule has 2 N–H and O–H groups in total. The summed E-state index contributed by atoms with van der Waals surface area (Å²) < 4.78 is 27.4. The van der Waals surface area contributed by atoms with Gasteiger partial charge < -0.3 is 5.73 Å². The first-order valence-electron chi connectivity index (χ1n) is 5.15. The van der Waals surface area contributed by atoms with Crippen molar-refractivity contribution in [3.63, 3.8) is 0 Å². The SMILES string of the molecule is Nc1ccc(F)c(C(=O)c2cc(Cl)ccc2Cl)c1F. The smallest absolute Gasteiger partial charge is 0.200 e. The number of nitrogen functional groups attached to an aromatic ring is 1. The van der Waals surface area contributed by atoms with E-state index in [1.165, 1.54) is 18.2 Å². The topological polar surface area (TPSA) is 43.1 Å². The van der Waals surface area contributed by atoms with Crippen molar-refractivity contribution in [3.8, 4) is 0 Å². The molecule has 0 aliphatic carbocycles. The van der Waals surface area contributed by atoms with Gasteiger partial charge in [0.1, 0.15) is 5.82 Å². The van der Waals surface area contributed by atoms with Gasteiger partial charge in [0.05, 0.1) is 16.3 Å². The van der Waals surface area contributed by atoms with E-state index in [9.17, 15) is 13.6 Å². The van der Waals surface area contributed by atoms with Gasteiger partial charge in [-0.3, -0.25) is 4.79 Å². The summed E-state index contributed by atoms with van der Waals surface area (Å²) in [6.45, 7) is 0. The molecule has 0 bridgehead atoms. The van der Waals surface area contributed by atoms with Crippen LogP contribution in [0.2, 0.25) is 10.0 Å². The molecule has 0 atom stereocenters. The van der Waals surface area contributed by atoms with Crippen LogP contribution in [0.3, 0.4) is 0 Å². The molecule has 0 amide bonds. The average Bonchev–Trinajstić information content (AvgIpc) is 2.37. The monoisotopic (exact) mass is 301 g/mol. The second kappa shape index (κ2) is 5.15. The highest BCUT2D eigenvalue weighted by Crippen LogP contribution is 2.27. The van der Waals surface area contributed by atoms with Crippen molar-refractivity contribution in [1.29, 1.82) is 0 Å². The van der Waals surface area contributed by atoms with Crippen molar-refractivity contribution in [3.05, 3.63) is 63.1 Å². The Morgan fingerprint density at radius 2 is 1.79 bits per heavy atom. The van der Waals surface area contributed by atoms with Crippen molar-refractivity contribution in [2.45, 2.75) is 0 Å². The summed E-state index contributed by atoms with van der Waals surface area (Å²) in [5.41, 5.74) is 4.17. The quantitative estimate of drug-likeness (QED) is 0.671. The molecule has 0 saturated carbocycles. The van der Waals surface area contributed by atoms with Gasteiger partial charge in [-0.05, 0) is 30.3 Å². The second-order valence-electron chi connectivity index (χ2n) is 3.78. The molecule has 0 aromatic heterocycles. The number of hydrogen-bond donors (Lipinski definition) is 1. The third-order valence-electron chi connectivity index (χ3n) is 2.52. The molecular formula is C13H7Cl2F2NO. The van der Waals surface area contributed by atoms with E-state index in [0.717, 1.165) is 12.1 Å². The highest BCUT2D eigenvalue weighted by Gasteiger charge is 2.22. The third-order valence-corrected chi connectivity index (χ3v) is 3.09. The fourth-order valence-corrected chi connectivity index (χ4v) is 1.96. The predicted octanol–water partition coefficient (Wildman–Crippen LogP) is 4.08. The molecule has 0 fully saturated rings. The molecule has 0 heterocycles. The Balaban J connectivity index is 2.63. The van der Waals surface area contributed by atoms with Crippen LogP contribution in [0.4, 0.5) is 14.5 Å². The van der Waals surface area contributed by atoms with Crippen LogP contribution in [-0.4, -0.2) is 5.78 Å². The zero-order valence-corrected chi connectivity index (χ0v) is 10.9. The summed E-state index contributed by atoms with van der Waals surface area (Å²) in [5.74, 6) is -3.02. The minimum Gasteiger partial charge on any atom is -0.396 e. The third kappa shape index (κ3) is 2.55. The molecule has 2 aromatic rings. The van der Waals surface area contributed by atoms with Crippen LogP contribution < -0.4 is 5.73 Å². The zero-order chi connectivity index (χ0) is 14.2. The highest BCUT2D eigenvalue weighted by molar-refractivity contribution is 6.36. The van der Waals surface area contributed by atoms with Crippen molar-refractivity contribution in [2.75, 3.05) is 5.73 Å². The van der Waals surface area contributed by atoms with E-state index >= 15 is 0 Å². The van der Waals surface area contributed by atoms with Crippen LogP contribution >= 0.6 is 23.2 Å². The Kier molecular flexibility index (Phi) is 3.73. The summed E-state index contributed by atoms with van der Waals surface area (Å²) in [6, 6.07) is 6.05. The van der Waals surface area contributed by atoms with Crippen LogP contribution in [0, 0.1) is 11.6 Å². The number of anilines is 1. The highest BCUT2D eigenvalue weighted by atomic mass is 35.5. The Labute approximate surface area is 117 Å². The van der Waals surface area contributed by atoms with Gasteiger partial charge in [-0.15, -0.1) is 0 Å². The van der Waals surface area contributed by atoms with E-state index in [-0.39, 0.29) is 21.3 Å². The summed E-state index contributed by atoms with van der Waals surface area (Å²) in [7, 11) is 0. The van der Waals surface area contributed by atoms with E-state index < -0.39 is 23.0 Å². The first-order chi connectivity index (χ1) is 8.91. The van der Waals surface area contributed by atoms with E-state index in [2.05, 4.69) is 0 Å². The molecular weight excluding hydrogens is 295 g/mol. The van der Waals surface area contributed by atoms with Gasteiger partial charge in [0.2, 0.25) is 5.78 Å². The fourth-order valence-electron chi connectivity index (χ4n) is 1.58. The lowest BCUT2D eigenvalue weighted by molar-refractivity contribution is 0.103. The van der Waals surface area contributed by atoms with E-state index in [0.29, 0.717) is 0 Å². The first kappa shape index (κ1) is 13.8. The van der Waals surface area contributed by atoms with Gasteiger partial charge in [-0.2, -0.15) is 0 Å².